The van der Waals surface area contributed by atoms with E-state index in [1.54, 1.807) is 35.2 Å². The van der Waals surface area contributed by atoms with Crippen LogP contribution in [0.5, 0.6) is 0 Å². The number of hydrogen-bond acceptors (Lipinski definition) is 4. The average molecular weight is 523 g/mol. The first-order chi connectivity index (χ1) is 17.5. The number of rotatable bonds is 6. The molecule has 3 aromatic rings. The molecule has 0 saturated carbocycles. The lowest BCUT2D eigenvalue weighted by atomic mass is 9.80. The van der Waals surface area contributed by atoms with Crippen molar-refractivity contribution in [1.29, 1.82) is 0 Å². The standard InChI is InChI=1S/C28H34N4O4S/c1-5-29-27(34)32-17-16-25(28(3,4)18-32)31-37(35,36)24-15-14-23(21-12-8-9-13-22(21)24)30-26(33)20-11-7-6-10-19(20)2/h6-15,25,31H,5,16-18H2,1-4H3,(H,29,34)(H,30,33). The second-order valence-corrected chi connectivity index (χ2v) is 11.8. The van der Waals surface area contributed by atoms with Crippen molar-refractivity contribution < 1.29 is 18.0 Å². The first-order valence-corrected chi connectivity index (χ1v) is 14.0. The summed E-state index contributed by atoms with van der Waals surface area (Å²) in [5.74, 6) is -0.252. The van der Waals surface area contributed by atoms with Crippen molar-refractivity contribution in [1.82, 2.24) is 14.9 Å². The summed E-state index contributed by atoms with van der Waals surface area (Å²) in [4.78, 5) is 27.1. The summed E-state index contributed by atoms with van der Waals surface area (Å²) in [6.45, 7) is 9.12. The monoisotopic (exact) mass is 522 g/mol. The molecule has 1 saturated heterocycles. The van der Waals surface area contributed by atoms with Crippen molar-refractivity contribution in [2.75, 3.05) is 25.0 Å². The van der Waals surface area contributed by atoms with Gasteiger partial charge in [0.15, 0.2) is 0 Å². The molecule has 1 aliphatic rings. The number of carbonyl (C=O) groups excluding carboxylic acids is 2. The third-order valence-electron chi connectivity index (χ3n) is 6.95. The average Bonchev–Trinajstić information content (AvgIpc) is 2.85. The number of sulfonamides is 1. The molecule has 1 unspecified atom stereocenters. The van der Waals surface area contributed by atoms with Crippen molar-refractivity contribution in [3.8, 4) is 0 Å². The maximum Gasteiger partial charge on any atom is 0.317 e. The zero-order valence-electron chi connectivity index (χ0n) is 21.7. The van der Waals surface area contributed by atoms with E-state index in [1.165, 1.54) is 6.07 Å². The van der Waals surface area contributed by atoms with Gasteiger partial charge in [0.1, 0.15) is 0 Å². The summed E-state index contributed by atoms with van der Waals surface area (Å²) in [6, 6.07) is 17.2. The fraction of sp³-hybridized carbons (Fsp3) is 0.357. The van der Waals surface area contributed by atoms with Crippen LogP contribution in [0.1, 0.15) is 43.1 Å². The van der Waals surface area contributed by atoms with E-state index in [0.29, 0.717) is 48.1 Å². The lowest BCUT2D eigenvalue weighted by Crippen LogP contribution is -2.58. The number of carbonyl (C=O) groups is 2. The Kier molecular flexibility index (Phi) is 7.57. The fourth-order valence-electron chi connectivity index (χ4n) is 4.89. The number of anilines is 1. The molecule has 9 heteroatoms. The van der Waals surface area contributed by atoms with E-state index in [1.807, 2.05) is 52.0 Å². The predicted molar refractivity (Wildman–Crippen MR) is 146 cm³/mol. The molecule has 0 radical (unpaired) electrons. The minimum Gasteiger partial charge on any atom is -0.338 e. The van der Waals surface area contributed by atoms with E-state index in [0.717, 1.165) is 5.56 Å². The summed E-state index contributed by atoms with van der Waals surface area (Å²) < 4.78 is 30.2. The number of benzene rings is 3. The molecular weight excluding hydrogens is 488 g/mol. The van der Waals surface area contributed by atoms with Crippen LogP contribution >= 0.6 is 0 Å². The second-order valence-electron chi connectivity index (χ2n) is 10.1. The molecule has 0 bridgehead atoms. The van der Waals surface area contributed by atoms with Crippen LogP contribution in [0.25, 0.3) is 10.8 Å². The summed E-state index contributed by atoms with van der Waals surface area (Å²) in [6.07, 6.45) is 0.506. The van der Waals surface area contributed by atoms with E-state index in [4.69, 9.17) is 0 Å². The van der Waals surface area contributed by atoms with Gasteiger partial charge in [0.2, 0.25) is 10.0 Å². The highest BCUT2D eigenvalue weighted by molar-refractivity contribution is 7.89. The quantitative estimate of drug-likeness (QED) is 0.443. The molecule has 1 aliphatic heterocycles. The molecule has 1 heterocycles. The molecule has 3 N–H and O–H groups in total. The Bertz CT molecular complexity index is 1440. The van der Waals surface area contributed by atoms with Gasteiger partial charge in [-0.25, -0.2) is 17.9 Å². The largest absolute Gasteiger partial charge is 0.338 e. The highest BCUT2D eigenvalue weighted by Crippen LogP contribution is 2.33. The van der Waals surface area contributed by atoms with E-state index >= 15 is 0 Å². The SMILES string of the molecule is CCNC(=O)N1CCC(NS(=O)(=O)c2ccc(NC(=O)c3ccccc3C)c3ccccc23)C(C)(C)C1. The first-order valence-electron chi connectivity index (χ1n) is 12.5. The molecule has 8 nitrogen and oxygen atoms in total. The Labute approximate surface area is 218 Å². The molecule has 196 valence electrons. The lowest BCUT2D eigenvalue weighted by molar-refractivity contribution is 0.102. The zero-order valence-corrected chi connectivity index (χ0v) is 22.5. The van der Waals surface area contributed by atoms with Crippen molar-refractivity contribution in [3.63, 3.8) is 0 Å². The molecule has 0 aliphatic carbocycles. The molecule has 0 aromatic heterocycles. The van der Waals surface area contributed by atoms with Crippen LogP contribution in [-0.4, -0.2) is 50.9 Å². The van der Waals surface area contributed by atoms with Gasteiger partial charge < -0.3 is 15.5 Å². The Balaban J connectivity index is 1.60. The van der Waals surface area contributed by atoms with E-state index < -0.39 is 15.4 Å². The van der Waals surface area contributed by atoms with Crippen LogP contribution < -0.4 is 15.4 Å². The number of amides is 3. The molecule has 4 rings (SSSR count). The molecule has 37 heavy (non-hydrogen) atoms. The van der Waals surface area contributed by atoms with Crippen LogP contribution in [0.15, 0.2) is 65.6 Å². The zero-order chi connectivity index (χ0) is 26.8. The van der Waals surface area contributed by atoms with E-state index in [-0.39, 0.29) is 22.9 Å². The van der Waals surface area contributed by atoms with Gasteiger partial charge in [-0.1, -0.05) is 56.3 Å². The maximum atomic E-state index is 13.6. The Hall–Kier alpha value is -3.43. The normalized spacial score (nSPS) is 17.4. The smallest absolute Gasteiger partial charge is 0.317 e. The van der Waals surface area contributed by atoms with Gasteiger partial charge >= 0.3 is 6.03 Å². The van der Waals surface area contributed by atoms with Crippen molar-refractivity contribution in [3.05, 3.63) is 71.8 Å². The van der Waals surface area contributed by atoms with Gasteiger partial charge in [-0.2, -0.15) is 0 Å². The summed E-state index contributed by atoms with van der Waals surface area (Å²) in [5.41, 5.74) is 1.49. The lowest BCUT2D eigenvalue weighted by Gasteiger charge is -2.44. The number of hydrogen-bond donors (Lipinski definition) is 3. The summed E-state index contributed by atoms with van der Waals surface area (Å²) in [7, 11) is -3.89. The molecule has 3 aromatic carbocycles. The number of piperidine rings is 1. The van der Waals surface area contributed by atoms with Gasteiger partial charge in [-0.15, -0.1) is 0 Å². The van der Waals surface area contributed by atoms with Crippen molar-refractivity contribution >= 4 is 38.4 Å². The van der Waals surface area contributed by atoms with Crippen LogP contribution in [0.3, 0.4) is 0 Å². The summed E-state index contributed by atoms with van der Waals surface area (Å²) >= 11 is 0. The maximum absolute atomic E-state index is 13.6. The molecular formula is C28H34N4O4S. The highest BCUT2D eigenvalue weighted by atomic mass is 32.2. The van der Waals surface area contributed by atoms with E-state index in [2.05, 4.69) is 15.4 Å². The number of nitrogens with one attached hydrogen (secondary N) is 3. The van der Waals surface area contributed by atoms with Gasteiger partial charge in [0.25, 0.3) is 5.91 Å². The third-order valence-corrected chi connectivity index (χ3v) is 8.48. The van der Waals surface area contributed by atoms with Crippen molar-refractivity contribution in [2.45, 2.75) is 45.1 Å². The molecule has 0 spiro atoms. The number of urea groups is 1. The summed E-state index contributed by atoms with van der Waals surface area (Å²) in [5, 5.41) is 6.92. The Morgan fingerprint density at radius 1 is 1.00 bits per heavy atom. The highest BCUT2D eigenvalue weighted by Gasteiger charge is 2.40. The number of likely N-dealkylation sites (tertiary alicyclic amines) is 1. The van der Waals surface area contributed by atoms with Crippen molar-refractivity contribution in [2.24, 2.45) is 5.41 Å². The molecule has 1 fully saturated rings. The van der Waals surface area contributed by atoms with Crippen LogP contribution in [0.4, 0.5) is 10.5 Å². The minimum absolute atomic E-state index is 0.133. The fourth-order valence-corrected chi connectivity index (χ4v) is 6.55. The number of nitrogens with zero attached hydrogens (tertiary/aromatic N) is 1. The Morgan fingerprint density at radius 3 is 2.35 bits per heavy atom. The first kappa shape index (κ1) is 26.6. The predicted octanol–water partition coefficient (Wildman–Crippen LogP) is 4.51. The minimum atomic E-state index is -3.89. The topological polar surface area (TPSA) is 108 Å². The van der Waals surface area contributed by atoms with E-state index in [9.17, 15) is 18.0 Å². The van der Waals surface area contributed by atoms with Gasteiger partial charge in [-0.3, -0.25) is 4.79 Å². The molecule has 1 atom stereocenters. The Morgan fingerprint density at radius 2 is 1.68 bits per heavy atom. The van der Waals surface area contributed by atoms with Gasteiger partial charge in [-0.05, 0) is 49.4 Å². The van der Waals surface area contributed by atoms with Gasteiger partial charge in [0, 0.05) is 47.7 Å². The van der Waals surface area contributed by atoms with Crippen LogP contribution in [0.2, 0.25) is 0 Å². The van der Waals surface area contributed by atoms with Crippen LogP contribution in [0, 0.1) is 12.3 Å². The van der Waals surface area contributed by atoms with Gasteiger partial charge in [0.05, 0.1) is 4.90 Å². The second kappa shape index (κ2) is 10.5. The van der Waals surface area contributed by atoms with Crippen LogP contribution in [-0.2, 0) is 10.0 Å². The third kappa shape index (κ3) is 5.62. The number of fused-ring (bicyclic) bond motifs is 1. The number of aryl methyl sites for hydroxylation is 1. The molecule has 3 amide bonds.